The standard InChI is InChI=1S/C22H18N6O/c1-14(27-21-18(12-23)20(24)25-13-26-21)17-11-16-9-5-6-10-28(16)22(29)19(17)15-7-3-2-4-8-15/h2-11,13-14H,1H3,(H3,24,25,26,27)/t14-/m0/s1. The van der Waals surface area contributed by atoms with Gasteiger partial charge in [-0.25, -0.2) is 9.97 Å². The molecule has 0 aliphatic heterocycles. The fraction of sp³-hybridized carbons (Fsp3) is 0.0909. The third-order valence-electron chi connectivity index (χ3n) is 4.79. The second kappa shape index (κ2) is 7.44. The highest BCUT2D eigenvalue weighted by atomic mass is 16.1. The quantitative estimate of drug-likeness (QED) is 0.560. The van der Waals surface area contributed by atoms with Crippen molar-refractivity contribution in [2.24, 2.45) is 0 Å². The van der Waals surface area contributed by atoms with Crippen LogP contribution in [0.15, 0.2) is 71.9 Å². The van der Waals surface area contributed by atoms with E-state index in [1.807, 2.05) is 67.6 Å². The highest BCUT2D eigenvalue weighted by molar-refractivity contribution is 5.72. The fourth-order valence-corrected chi connectivity index (χ4v) is 3.37. The molecule has 0 aliphatic rings. The molecular weight excluding hydrogens is 364 g/mol. The van der Waals surface area contributed by atoms with Crippen LogP contribution in [-0.2, 0) is 0 Å². The van der Waals surface area contributed by atoms with Crippen molar-refractivity contribution in [3.05, 3.63) is 88.6 Å². The molecule has 0 radical (unpaired) electrons. The Labute approximate surface area is 167 Å². The molecule has 4 aromatic rings. The SMILES string of the molecule is C[C@H](Nc1ncnc(N)c1C#N)c1cc2ccccn2c(=O)c1-c1ccccc1. The molecule has 3 aromatic heterocycles. The van der Waals surface area contributed by atoms with Gasteiger partial charge in [0.05, 0.1) is 11.6 Å². The van der Waals surface area contributed by atoms with Gasteiger partial charge >= 0.3 is 0 Å². The maximum Gasteiger partial charge on any atom is 0.263 e. The van der Waals surface area contributed by atoms with E-state index in [2.05, 4.69) is 15.3 Å². The molecular formula is C22H18N6O. The van der Waals surface area contributed by atoms with E-state index < -0.39 is 0 Å². The summed E-state index contributed by atoms with van der Waals surface area (Å²) in [5.74, 6) is 0.443. The first-order valence-electron chi connectivity index (χ1n) is 9.07. The van der Waals surface area contributed by atoms with Crippen LogP contribution in [0.2, 0.25) is 0 Å². The number of nitrogens with two attached hydrogens (primary N) is 1. The predicted molar refractivity (Wildman–Crippen MR) is 112 cm³/mol. The Balaban J connectivity index is 1.90. The maximum atomic E-state index is 13.3. The van der Waals surface area contributed by atoms with Crippen LogP contribution in [-0.4, -0.2) is 14.4 Å². The van der Waals surface area contributed by atoms with Gasteiger partial charge in [-0.2, -0.15) is 5.26 Å². The summed E-state index contributed by atoms with van der Waals surface area (Å²) in [6.45, 7) is 1.92. The minimum absolute atomic E-state index is 0.110. The minimum atomic E-state index is -0.315. The van der Waals surface area contributed by atoms with Gasteiger partial charge in [0.25, 0.3) is 5.56 Å². The zero-order valence-electron chi connectivity index (χ0n) is 15.7. The van der Waals surface area contributed by atoms with Gasteiger partial charge in [-0.1, -0.05) is 36.4 Å². The maximum absolute atomic E-state index is 13.3. The van der Waals surface area contributed by atoms with Gasteiger partial charge < -0.3 is 11.1 Å². The molecule has 0 amide bonds. The van der Waals surface area contributed by atoms with Gasteiger partial charge in [-0.15, -0.1) is 0 Å². The molecule has 3 heterocycles. The predicted octanol–water partition coefficient (Wildman–Crippen LogP) is 3.38. The summed E-state index contributed by atoms with van der Waals surface area (Å²) in [6, 6.07) is 18.8. The van der Waals surface area contributed by atoms with E-state index in [4.69, 9.17) is 5.73 Å². The van der Waals surface area contributed by atoms with Crippen LogP contribution in [0, 0.1) is 11.3 Å². The van der Waals surface area contributed by atoms with Crippen molar-refractivity contribution in [1.29, 1.82) is 5.26 Å². The Morgan fingerprint density at radius 3 is 2.66 bits per heavy atom. The number of benzene rings is 1. The van der Waals surface area contributed by atoms with E-state index in [0.717, 1.165) is 16.6 Å². The second-order valence-corrected chi connectivity index (χ2v) is 6.60. The summed E-state index contributed by atoms with van der Waals surface area (Å²) < 4.78 is 1.63. The normalized spacial score (nSPS) is 11.7. The fourth-order valence-electron chi connectivity index (χ4n) is 3.37. The second-order valence-electron chi connectivity index (χ2n) is 6.60. The van der Waals surface area contributed by atoms with Crippen LogP contribution in [0.1, 0.15) is 24.1 Å². The summed E-state index contributed by atoms with van der Waals surface area (Å²) in [5.41, 5.74) is 8.86. The third-order valence-corrected chi connectivity index (χ3v) is 4.79. The molecule has 0 spiro atoms. The number of aromatic nitrogens is 3. The van der Waals surface area contributed by atoms with Gasteiger partial charge in [0.15, 0.2) is 0 Å². The van der Waals surface area contributed by atoms with Gasteiger partial charge in [-0.05, 0) is 36.2 Å². The van der Waals surface area contributed by atoms with E-state index in [0.29, 0.717) is 11.4 Å². The van der Waals surface area contributed by atoms with Crippen molar-refractivity contribution in [2.45, 2.75) is 13.0 Å². The number of nitrogen functional groups attached to an aromatic ring is 1. The topological polar surface area (TPSA) is 109 Å². The molecule has 0 aliphatic carbocycles. The van der Waals surface area contributed by atoms with E-state index >= 15 is 0 Å². The lowest BCUT2D eigenvalue weighted by molar-refractivity contribution is 0.866. The Hall–Kier alpha value is -4.18. The van der Waals surface area contributed by atoms with Crippen LogP contribution in [0.5, 0.6) is 0 Å². The van der Waals surface area contributed by atoms with Crippen LogP contribution in [0.4, 0.5) is 11.6 Å². The van der Waals surface area contributed by atoms with E-state index in [9.17, 15) is 10.1 Å². The highest BCUT2D eigenvalue weighted by Gasteiger charge is 2.19. The molecule has 0 unspecified atom stereocenters. The average molecular weight is 382 g/mol. The zero-order chi connectivity index (χ0) is 20.4. The Morgan fingerprint density at radius 1 is 1.14 bits per heavy atom. The summed E-state index contributed by atoms with van der Waals surface area (Å²) >= 11 is 0. The molecule has 1 aromatic carbocycles. The Morgan fingerprint density at radius 2 is 1.90 bits per heavy atom. The van der Waals surface area contributed by atoms with E-state index in [1.54, 1.807) is 10.6 Å². The summed E-state index contributed by atoms with van der Waals surface area (Å²) in [6.07, 6.45) is 3.06. The number of fused-ring (bicyclic) bond motifs is 1. The lowest BCUT2D eigenvalue weighted by atomic mass is 9.96. The van der Waals surface area contributed by atoms with Gasteiger partial charge in [0.2, 0.25) is 0 Å². The first-order chi connectivity index (χ1) is 14.1. The van der Waals surface area contributed by atoms with Crippen LogP contribution < -0.4 is 16.6 Å². The number of hydrogen-bond donors (Lipinski definition) is 2. The number of pyridine rings is 2. The summed E-state index contributed by atoms with van der Waals surface area (Å²) in [5, 5.41) is 12.6. The minimum Gasteiger partial charge on any atom is -0.382 e. The number of hydrogen-bond acceptors (Lipinski definition) is 6. The average Bonchev–Trinajstić information content (AvgIpc) is 2.74. The first-order valence-corrected chi connectivity index (χ1v) is 9.07. The Kier molecular flexibility index (Phi) is 4.67. The molecule has 1 atom stereocenters. The van der Waals surface area contributed by atoms with Crippen molar-refractivity contribution in [1.82, 2.24) is 14.4 Å². The monoisotopic (exact) mass is 382 g/mol. The molecule has 0 saturated heterocycles. The molecule has 3 N–H and O–H groups in total. The Bertz CT molecular complexity index is 1290. The number of nitriles is 1. The van der Waals surface area contributed by atoms with E-state index in [-0.39, 0.29) is 23.0 Å². The number of anilines is 2. The van der Waals surface area contributed by atoms with E-state index in [1.165, 1.54) is 6.33 Å². The number of nitrogens with one attached hydrogen (secondary N) is 1. The van der Waals surface area contributed by atoms with Crippen LogP contribution in [0.3, 0.4) is 0 Å². The lowest BCUT2D eigenvalue weighted by Crippen LogP contribution is -2.21. The molecule has 4 rings (SSSR count). The zero-order valence-corrected chi connectivity index (χ0v) is 15.7. The third kappa shape index (κ3) is 3.28. The molecule has 142 valence electrons. The van der Waals surface area contributed by atoms with Gasteiger partial charge in [0, 0.05) is 11.7 Å². The molecule has 0 bridgehead atoms. The molecule has 29 heavy (non-hydrogen) atoms. The van der Waals surface area contributed by atoms with Gasteiger partial charge in [0.1, 0.15) is 29.6 Å². The number of rotatable bonds is 4. The largest absolute Gasteiger partial charge is 0.382 e. The van der Waals surface area contributed by atoms with Crippen molar-refractivity contribution in [3.63, 3.8) is 0 Å². The molecule has 0 fully saturated rings. The van der Waals surface area contributed by atoms with Crippen molar-refractivity contribution < 1.29 is 0 Å². The molecule has 7 heteroatoms. The van der Waals surface area contributed by atoms with Crippen LogP contribution in [0.25, 0.3) is 16.6 Å². The first kappa shape index (κ1) is 18.2. The number of nitrogens with zero attached hydrogens (tertiary/aromatic N) is 4. The summed E-state index contributed by atoms with van der Waals surface area (Å²) in [7, 11) is 0. The van der Waals surface area contributed by atoms with Crippen molar-refractivity contribution in [3.8, 4) is 17.2 Å². The smallest absolute Gasteiger partial charge is 0.263 e. The van der Waals surface area contributed by atoms with Gasteiger partial charge in [-0.3, -0.25) is 9.20 Å². The lowest BCUT2D eigenvalue weighted by Gasteiger charge is -2.20. The summed E-state index contributed by atoms with van der Waals surface area (Å²) in [4.78, 5) is 21.3. The van der Waals surface area contributed by atoms with Crippen molar-refractivity contribution in [2.75, 3.05) is 11.1 Å². The molecule has 0 saturated carbocycles. The van der Waals surface area contributed by atoms with Crippen LogP contribution >= 0.6 is 0 Å². The molecule has 7 nitrogen and oxygen atoms in total. The van der Waals surface area contributed by atoms with Crippen molar-refractivity contribution >= 4 is 17.2 Å². The highest BCUT2D eigenvalue weighted by Crippen LogP contribution is 2.29.